The highest BCUT2D eigenvalue weighted by Crippen LogP contribution is 2.48. The molecule has 10 rings (SSSR count). The molecule has 2 saturated carbocycles. The average Bonchev–Trinajstić information content (AvgIpc) is 3.28. The van der Waals surface area contributed by atoms with Gasteiger partial charge in [-0.1, -0.05) is 111 Å². The lowest BCUT2D eigenvalue weighted by atomic mass is 9.75. The molecular formula is C54H54N2. The van der Waals surface area contributed by atoms with Crippen molar-refractivity contribution in [2.75, 3.05) is 9.80 Å². The third kappa shape index (κ3) is 6.89. The third-order valence-corrected chi connectivity index (χ3v) is 13.5. The molecule has 0 unspecified atom stereocenters. The van der Waals surface area contributed by atoms with Gasteiger partial charge in [-0.3, -0.25) is 0 Å². The second kappa shape index (κ2) is 15.7. The van der Waals surface area contributed by atoms with Gasteiger partial charge in [0.05, 0.1) is 0 Å². The van der Waals surface area contributed by atoms with Crippen molar-refractivity contribution < 1.29 is 0 Å². The molecule has 56 heavy (non-hydrogen) atoms. The zero-order valence-electron chi connectivity index (χ0n) is 32.8. The lowest BCUT2D eigenvalue weighted by Gasteiger charge is -2.33. The van der Waals surface area contributed by atoms with Crippen molar-refractivity contribution in [2.24, 2.45) is 0 Å². The Morgan fingerprint density at radius 2 is 0.679 bits per heavy atom. The van der Waals surface area contributed by atoms with E-state index in [1.807, 2.05) is 0 Å². The number of rotatable bonds is 8. The Balaban J connectivity index is 0.955. The SMILES string of the molecule is c1ccc(N(c2ccc(C3CCCCC3)cc2)c2ccc3c(c2)CCC2=C3CCc3cc(N(c4ccccc4)c4ccc(C5CCCCC5)cc4)ccc32)cc1. The van der Waals surface area contributed by atoms with Crippen molar-refractivity contribution >= 4 is 45.3 Å². The molecule has 4 aliphatic carbocycles. The molecule has 0 aromatic heterocycles. The predicted octanol–water partition coefficient (Wildman–Crippen LogP) is 15.5. The number of nitrogens with zero attached hydrogens (tertiary/aromatic N) is 2. The summed E-state index contributed by atoms with van der Waals surface area (Å²) >= 11 is 0. The van der Waals surface area contributed by atoms with Gasteiger partial charge in [0.15, 0.2) is 0 Å². The first kappa shape index (κ1) is 35.1. The van der Waals surface area contributed by atoms with Crippen LogP contribution in [-0.2, 0) is 12.8 Å². The molecule has 2 nitrogen and oxygen atoms in total. The minimum absolute atomic E-state index is 0.715. The fraction of sp³-hybridized carbons (Fsp3) is 0.296. The molecule has 0 amide bonds. The van der Waals surface area contributed by atoms with Gasteiger partial charge in [0.25, 0.3) is 0 Å². The van der Waals surface area contributed by atoms with Crippen LogP contribution in [0.4, 0.5) is 34.1 Å². The molecule has 280 valence electrons. The maximum Gasteiger partial charge on any atom is 0.0464 e. The molecular weight excluding hydrogens is 677 g/mol. The Morgan fingerprint density at radius 1 is 0.321 bits per heavy atom. The van der Waals surface area contributed by atoms with Gasteiger partial charge < -0.3 is 9.80 Å². The molecule has 2 heteroatoms. The molecule has 6 aromatic carbocycles. The van der Waals surface area contributed by atoms with Gasteiger partial charge in [0, 0.05) is 34.1 Å². The molecule has 0 radical (unpaired) electrons. The third-order valence-electron chi connectivity index (χ3n) is 13.5. The van der Waals surface area contributed by atoms with E-state index in [1.165, 1.54) is 132 Å². The molecule has 0 N–H and O–H groups in total. The van der Waals surface area contributed by atoms with Crippen molar-refractivity contribution in [3.05, 3.63) is 179 Å². The van der Waals surface area contributed by atoms with Gasteiger partial charge >= 0.3 is 0 Å². The first-order valence-corrected chi connectivity index (χ1v) is 21.7. The standard InChI is InChI=1S/C54H54N2/c1-5-13-39(14-6-1)41-21-27-47(28-22-41)55(45-17-9-3-10-18-45)49-31-35-51-43(37-49)25-33-54-52-36-32-50(38-44(52)26-34-53(51)54)56(46-19-11-4-12-20-46)48-29-23-42(24-30-48)40-15-7-2-8-16-40/h3-4,9-12,17-24,27-32,35-40H,1-2,5-8,13-16,25-26,33-34H2. The van der Waals surface area contributed by atoms with Gasteiger partial charge in [-0.05, 0) is 181 Å². The highest BCUT2D eigenvalue weighted by Gasteiger charge is 2.28. The Kier molecular flexibility index (Phi) is 9.81. The fourth-order valence-corrected chi connectivity index (χ4v) is 10.6. The Hall–Kier alpha value is -5.34. The summed E-state index contributed by atoms with van der Waals surface area (Å²) < 4.78 is 0. The lowest BCUT2D eigenvalue weighted by Crippen LogP contribution is -2.15. The molecule has 4 aliphatic rings. The van der Waals surface area contributed by atoms with Gasteiger partial charge in [0.1, 0.15) is 0 Å². The van der Waals surface area contributed by atoms with E-state index in [2.05, 4.69) is 155 Å². The minimum atomic E-state index is 0.715. The van der Waals surface area contributed by atoms with E-state index in [-0.39, 0.29) is 0 Å². The van der Waals surface area contributed by atoms with Crippen LogP contribution in [0.2, 0.25) is 0 Å². The van der Waals surface area contributed by atoms with Crippen LogP contribution < -0.4 is 9.80 Å². The number of hydrogen-bond acceptors (Lipinski definition) is 2. The van der Waals surface area contributed by atoms with Gasteiger partial charge in [-0.25, -0.2) is 0 Å². The highest BCUT2D eigenvalue weighted by atomic mass is 15.1. The topological polar surface area (TPSA) is 6.48 Å². The molecule has 6 aromatic rings. The Bertz CT molecular complexity index is 2140. The van der Waals surface area contributed by atoms with Gasteiger partial charge in [0.2, 0.25) is 0 Å². The Morgan fingerprint density at radius 3 is 1.07 bits per heavy atom. The first-order valence-electron chi connectivity index (χ1n) is 21.7. The average molecular weight is 731 g/mol. The smallest absolute Gasteiger partial charge is 0.0464 e. The second-order valence-corrected chi connectivity index (χ2v) is 16.8. The largest absolute Gasteiger partial charge is 0.310 e. The monoisotopic (exact) mass is 730 g/mol. The summed E-state index contributed by atoms with van der Waals surface area (Å²) in [5.41, 5.74) is 19.4. The van der Waals surface area contributed by atoms with E-state index < -0.39 is 0 Å². The van der Waals surface area contributed by atoms with Crippen LogP contribution in [0.25, 0.3) is 11.1 Å². The number of benzene rings is 6. The van der Waals surface area contributed by atoms with Crippen LogP contribution >= 0.6 is 0 Å². The van der Waals surface area contributed by atoms with E-state index in [4.69, 9.17) is 0 Å². The normalized spacial score (nSPS) is 17.1. The zero-order valence-corrected chi connectivity index (χ0v) is 32.8. The van der Waals surface area contributed by atoms with E-state index in [0.717, 1.165) is 25.7 Å². The van der Waals surface area contributed by atoms with Crippen LogP contribution in [-0.4, -0.2) is 0 Å². The Labute approximate surface area is 334 Å². The highest BCUT2D eigenvalue weighted by molar-refractivity contribution is 5.97. The summed E-state index contributed by atoms with van der Waals surface area (Å²) in [5, 5.41) is 0. The van der Waals surface area contributed by atoms with Crippen molar-refractivity contribution in [1.29, 1.82) is 0 Å². The predicted molar refractivity (Wildman–Crippen MR) is 237 cm³/mol. The number of allylic oxidation sites excluding steroid dienone is 2. The van der Waals surface area contributed by atoms with Crippen molar-refractivity contribution in [3.63, 3.8) is 0 Å². The number of fused-ring (bicyclic) bond motifs is 4. The van der Waals surface area contributed by atoms with Gasteiger partial charge in [-0.15, -0.1) is 0 Å². The molecule has 0 aliphatic heterocycles. The summed E-state index contributed by atoms with van der Waals surface area (Å²) in [5.74, 6) is 1.43. The summed E-state index contributed by atoms with van der Waals surface area (Å²) in [7, 11) is 0. The summed E-state index contributed by atoms with van der Waals surface area (Å²) in [4.78, 5) is 4.91. The maximum atomic E-state index is 2.48. The van der Waals surface area contributed by atoms with Crippen molar-refractivity contribution in [1.82, 2.24) is 0 Å². The van der Waals surface area contributed by atoms with Crippen LogP contribution in [0, 0.1) is 0 Å². The molecule has 0 spiro atoms. The summed E-state index contributed by atoms with van der Waals surface area (Å²) in [6, 6.07) is 55.4. The van der Waals surface area contributed by atoms with Crippen molar-refractivity contribution in [2.45, 2.75) is 102 Å². The molecule has 0 bridgehead atoms. The van der Waals surface area contributed by atoms with E-state index in [9.17, 15) is 0 Å². The fourth-order valence-electron chi connectivity index (χ4n) is 10.6. The van der Waals surface area contributed by atoms with E-state index >= 15 is 0 Å². The molecule has 0 atom stereocenters. The maximum absolute atomic E-state index is 2.48. The number of hydrogen-bond donors (Lipinski definition) is 0. The molecule has 2 fully saturated rings. The molecule has 0 saturated heterocycles. The number of para-hydroxylation sites is 2. The number of aryl methyl sites for hydroxylation is 2. The van der Waals surface area contributed by atoms with Crippen LogP contribution in [0.15, 0.2) is 146 Å². The van der Waals surface area contributed by atoms with E-state index in [0.29, 0.717) is 11.8 Å². The summed E-state index contributed by atoms with van der Waals surface area (Å²) in [6.07, 6.45) is 17.9. The van der Waals surface area contributed by atoms with Crippen LogP contribution in [0.3, 0.4) is 0 Å². The van der Waals surface area contributed by atoms with Crippen LogP contribution in [0.5, 0.6) is 0 Å². The summed E-state index contributed by atoms with van der Waals surface area (Å²) in [6.45, 7) is 0. The second-order valence-electron chi connectivity index (χ2n) is 16.8. The zero-order chi connectivity index (χ0) is 37.3. The first-order chi connectivity index (χ1) is 27.8. The van der Waals surface area contributed by atoms with Crippen molar-refractivity contribution in [3.8, 4) is 0 Å². The quantitative estimate of drug-likeness (QED) is 0.154. The molecule has 0 heterocycles. The van der Waals surface area contributed by atoms with Gasteiger partial charge in [-0.2, -0.15) is 0 Å². The minimum Gasteiger partial charge on any atom is -0.310 e. The van der Waals surface area contributed by atoms with E-state index in [1.54, 1.807) is 11.1 Å². The lowest BCUT2D eigenvalue weighted by molar-refractivity contribution is 0.443. The van der Waals surface area contributed by atoms with Crippen LogP contribution in [0.1, 0.15) is 122 Å². The number of anilines is 6.